The first-order valence-electron chi connectivity index (χ1n) is 7.07. The zero-order valence-corrected chi connectivity index (χ0v) is 11.4. The summed E-state index contributed by atoms with van der Waals surface area (Å²) in [6.45, 7) is 2.78. The highest BCUT2D eigenvalue weighted by atomic mass is 16.1. The molecule has 0 radical (unpaired) electrons. The van der Waals surface area contributed by atoms with Crippen molar-refractivity contribution < 1.29 is 4.79 Å². The van der Waals surface area contributed by atoms with Crippen molar-refractivity contribution in [1.29, 1.82) is 0 Å². The fraction of sp³-hybridized carbons (Fsp3) is 0.714. The molecule has 1 aromatic rings. The molecule has 4 heteroatoms. The Bertz CT molecular complexity index is 309. The molecule has 0 saturated carbocycles. The summed E-state index contributed by atoms with van der Waals surface area (Å²) in [6, 6.07) is 0. The fourth-order valence-corrected chi connectivity index (χ4v) is 1.91. The molecule has 102 valence electrons. The lowest BCUT2D eigenvalue weighted by Gasteiger charge is -2.03. The van der Waals surface area contributed by atoms with Gasteiger partial charge in [-0.05, 0) is 6.42 Å². The van der Waals surface area contributed by atoms with Gasteiger partial charge in [0, 0.05) is 12.6 Å². The highest BCUT2D eigenvalue weighted by molar-refractivity contribution is 5.75. The van der Waals surface area contributed by atoms with E-state index in [0.29, 0.717) is 13.0 Å². The number of H-pyrrole nitrogens is 1. The molecular weight excluding hydrogens is 226 g/mol. The summed E-state index contributed by atoms with van der Waals surface area (Å²) in [5.41, 5.74) is 0.947. The summed E-state index contributed by atoms with van der Waals surface area (Å²) in [7, 11) is 0. The highest BCUT2D eigenvalue weighted by Crippen LogP contribution is 2.08. The second-order valence-electron chi connectivity index (χ2n) is 4.72. The standard InChI is InChI=1S/C14H25N3O/c1-2-3-4-5-6-7-8-9-14(18)16-11-13-10-15-12-17-13/h10,12H,2-9,11H2,1H3,(H,15,17)(H,16,18). The fourth-order valence-electron chi connectivity index (χ4n) is 1.91. The third-order valence-corrected chi connectivity index (χ3v) is 3.04. The number of hydrogen-bond acceptors (Lipinski definition) is 2. The third-order valence-electron chi connectivity index (χ3n) is 3.04. The first kappa shape index (κ1) is 14.7. The van der Waals surface area contributed by atoms with Crippen LogP contribution >= 0.6 is 0 Å². The number of carbonyl (C=O) groups excluding carboxylic acids is 1. The lowest BCUT2D eigenvalue weighted by atomic mass is 10.1. The number of aromatic nitrogens is 2. The number of hydrogen-bond donors (Lipinski definition) is 2. The Labute approximate surface area is 110 Å². The molecule has 1 heterocycles. The van der Waals surface area contributed by atoms with Gasteiger partial charge in [-0.1, -0.05) is 45.4 Å². The van der Waals surface area contributed by atoms with Crippen LogP contribution in [-0.4, -0.2) is 15.9 Å². The Morgan fingerprint density at radius 1 is 1.22 bits per heavy atom. The maximum absolute atomic E-state index is 11.5. The van der Waals surface area contributed by atoms with Crippen molar-refractivity contribution in [2.24, 2.45) is 0 Å². The number of nitrogens with one attached hydrogen (secondary N) is 2. The van der Waals surface area contributed by atoms with Crippen LogP contribution in [0.25, 0.3) is 0 Å². The summed E-state index contributed by atoms with van der Waals surface area (Å²) >= 11 is 0. The number of amides is 1. The van der Waals surface area contributed by atoms with Crippen LogP contribution in [-0.2, 0) is 11.3 Å². The minimum Gasteiger partial charge on any atom is -0.350 e. The van der Waals surface area contributed by atoms with Crippen LogP contribution in [0.3, 0.4) is 0 Å². The molecule has 2 N–H and O–H groups in total. The highest BCUT2D eigenvalue weighted by Gasteiger charge is 2.01. The van der Waals surface area contributed by atoms with Gasteiger partial charge < -0.3 is 10.3 Å². The lowest BCUT2D eigenvalue weighted by molar-refractivity contribution is -0.121. The van der Waals surface area contributed by atoms with Crippen LogP contribution in [0.4, 0.5) is 0 Å². The topological polar surface area (TPSA) is 57.8 Å². The summed E-state index contributed by atoms with van der Waals surface area (Å²) in [6.07, 6.45) is 12.7. The van der Waals surface area contributed by atoms with Crippen molar-refractivity contribution in [3.63, 3.8) is 0 Å². The van der Waals surface area contributed by atoms with Crippen LogP contribution < -0.4 is 5.32 Å². The molecule has 18 heavy (non-hydrogen) atoms. The molecule has 0 aliphatic heterocycles. The van der Waals surface area contributed by atoms with Crippen molar-refractivity contribution in [3.05, 3.63) is 18.2 Å². The predicted molar refractivity (Wildman–Crippen MR) is 73.0 cm³/mol. The molecule has 0 fully saturated rings. The van der Waals surface area contributed by atoms with E-state index in [2.05, 4.69) is 22.2 Å². The Morgan fingerprint density at radius 2 is 1.94 bits per heavy atom. The molecule has 0 bridgehead atoms. The number of aromatic amines is 1. The number of nitrogens with zero attached hydrogens (tertiary/aromatic N) is 1. The average molecular weight is 251 g/mol. The molecule has 1 aromatic heterocycles. The van der Waals surface area contributed by atoms with E-state index in [-0.39, 0.29) is 5.91 Å². The Hall–Kier alpha value is -1.32. The zero-order valence-electron chi connectivity index (χ0n) is 11.4. The molecule has 0 atom stereocenters. The Balaban J connectivity index is 1.90. The first-order chi connectivity index (χ1) is 8.83. The summed E-state index contributed by atoms with van der Waals surface area (Å²) in [5.74, 6) is 0.137. The summed E-state index contributed by atoms with van der Waals surface area (Å²) in [4.78, 5) is 18.4. The smallest absolute Gasteiger partial charge is 0.220 e. The Morgan fingerprint density at radius 3 is 2.61 bits per heavy atom. The molecule has 0 aliphatic rings. The molecule has 0 unspecified atom stereocenters. The van der Waals surface area contributed by atoms with E-state index in [1.54, 1.807) is 12.5 Å². The maximum atomic E-state index is 11.5. The molecule has 0 aromatic carbocycles. The van der Waals surface area contributed by atoms with Gasteiger partial charge in [-0.3, -0.25) is 4.79 Å². The molecule has 1 amide bonds. The number of imidazole rings is 1. The van der Waals surface area contributed by atoms with Gasteiger partial charge in [0.2, 0.25) is 5.91 Å². The van der Waals surface area contributed by atoms with Crippen LogP contribution in [0.15, 0.2) is 12.5 Å². The van der Waals surface area contributed by atoms with E-state index in [1.807, 2.05) is 0 Å². The van der Waals surface area contributed by atoms with Gasteiger partial charge in [0.1, 0.15) is 0 Å². The third kappa shape index (κ3) is 7.09. The van der Waals surface area contributed by atoms with Crippen LogP contribution in [0, 0.1) is 0 Å². The lowest BCUT2D eigenvalue weighted by Crippen LogP contribution is -2.22. The largest absolute Gasteiger partial charge is 0.350 e. The first-order valence-corrected chi connectivity index (χ1v) is 7.07. The van der Waals surface area contributed by atoms with Crippen molar-refractivity contribution in [1.82, 2.24) is 15.3 Å². The minimum atomic E-state index is 0.137. The van der Waals surface area contributed by atoms with E-state index in [0.717, 1.165) is 12.1 Å². The SMILES string of the molecule is CCCCCCCCCC(=O)NCc1cnc[nH]1. The molecule has 0 spiro atoms. The van der Waals surface area contributed by atoms with Crippen LogP contribution in [0.2, 0.25) is 0 Å². The summed E-state index contributed by atoms with van der Waals surface area (Å²) < 4.78 is 0. The van der Waals surface area contributed by atoms with Crippen LogP contribution in [0.1, 0.15) is 64.0 Å². The van der Waals surface area contributed by atoms with E-state index in [4.69, 9.17) is 0 Å². The normalized spacial score (nSPS) is 10.5. The van der Waals surface area contributed by atoms with E-state index >= 15 is 0 Å². The maximum Gasteiger partial charge on any atom is 0.220 e. The molecule has 1 rings (SSSR count). The number of carbonyl (C=O) groups is 1. The zero-order chi connectivity index (χ0) is 13.1. The van der Waals surface area contributed by atoms with E-state index in [1.165, 1.54) is 38.5 Å². The van der Waals surface area contributed by atoms with Crippen molar-refractivity contribution in [3.8, 4) is 0 Å². The molecule has 4 nitrogen and oxygen atoms in total. The van der Waals surface area contributed by atoms with Crippen molar-refractivity contribution >= 4 is 5.91 Å². The molecule has 0 aliphatic carbocycles. The average Bonchev–Trinajstić information content (AvgIpc) is 2.88. The van der Waals surface area contributed by atoms with E-state index in [9.17, 15) is 4.79 Å². The van der Waals surface area contributed by atoms with Gasteiger partial charge in [0.05, 0.1) is 18.6 Å². The van der Waals surface area contributed by atoms with Crippen molar-refractivity contribution in [2.45, 2.75) is 64.8 Å². The number of unbranched alkanes of at least 4 members (excludes halogenated alkanes) is 6. The van der Waals surface area contributed by atoms with E-state index < -0.39 is 0 Å². The van der Waals surface area contributed by atoms with Gasteiger partial charge in [-0.2, -0.15) is 0 Å². The second-order valence-corrected chi connectivity index (χ2v) is 4.72. The molecular formula is C14H25N3O. The van der Waals surface area contributed by atoms with Gasteiger partial charge in [0.15, 0.2) is 0 Å². The van der Waals surface area contributed by atoms with Crippen LogP contribution in [0.5, 0.6) is 0 Å². The predicted octanol–water partition coefficient (Wildman–Crippen LogP) is 3.17. The summed E-state index contributed by atoms with van der Waals surface area (Å²) in [5, 5.41) is 2.89. The Kier molecular flexibility index (Phi) is 7.93. The van der Waals surface area contributed by atoms with Gasteiger partial charge >= 0.3 is 0 Å². The van der Waals surface area contributed by atoms with Gasteiger partial charge in [-0.15, -0.1) is 0 Å². The number of rotatable bonds is 10. The quantitative estimate of drug-likeness (QED) is 0.627. The van der Waals surface area contributed by atoms with Gasteiger partial charge in [-0.25, -0.2) is 4.98 Å². The second kappa shape index (κ2) is 9.68. The minimum absolute atomic E-state index is 0.137. The van der Waals surface area contributed by atoms with Gasteiger partial charge in [0.25, 0.3) is 0 Å². The monoisotopic (exact) mass is 251 g/mol. The van der Waals surface area contributed by atoms with Crippen molar-refractivity contribution in [2.75, 3.05) is 0 Å². The molecule has 0 saturated heterocycles.